The normalized spacial score (nSPS) is 11.1. The Labute approximate surface area is 157 Å². The van der Waals surface area contributed by atoms with Gasteiger partial charge in [-0.05, 0) is 23.8 Å². The second-order valence-corrected chi connectivity index (χ2v) is 5.78. The summed E-state index contributed by atoms with van der Waals surface area (Å²) < 4.78 is 71.1. The third-order valence-corrected chi connectivity index (χ3v) is 3.71. The molecule has 2 aromatic carbocycles. The predicted octanol–water partition coefficient (Wildman–Crippen LogP) is 4.10. The zero-order valence-corrected chi connectivity index (χ0v) is 14.7. The molecule has 0 aromatic heterocycles. The van der Waals surface area contributed by atoms with Gasteiger partial charge in [-0.2, -0.15) is 5.26 Å². The van der Waals surface area contributed by atoms with Crippen LogP contribution in [0.5, 0.6) is 0 Å². The van der Waals surface area contributed by atoms with E-state index < -0.39 is 52.8 Å². The Bertz CT molecular complexity index is 950. The number of nitriles is 1. The average molecular weight is 396 g/mol. The first-order valence-electron chi connectivity index (χ1n) is 7.74. The minimum Gasteiger partial charge on any atom is -0.456 e. The molecule has 28 heavy (non-hydrogen) atoms. The zero-order valence-electron chi connectivity index (χ0n) is 14.7. The summed E-state index contributed by atoms with van der Waals surface area (Å²) in [7, 11) is 3.64. The molecule has 2 rings (SSSR count). The topological polar surface area (TPSA) is 53.3 Å². The molecule has 0 aliphatic heterocycles. The molecule has 0 unspecified atom stereocenters. The van der Waals surface area contributed by atoms with Crippen molar-refractivity contribution in [3.05, 3.63) is 70.1 Å². The first-order valence-corrected chi connectivity index (χ1v) is 7.74. The minimum absolute atomic E-state index is 0.468. The molecular formula is C19H13F5N2O2. The maximum atomic E-state index is 13.6. The summed E-state index contributed by atoms with van der Waals surface area (Å²) in [5, 5.41) is 9.09. The molecule has 0 saturated heterocycles. The van der Waals surface area contributed by atoms with Crippen molar-refractivity contribution in [2.24, 2.45) is 0 Å². The Kier molecular flexibility index (Phi) is 6.36. The second kappa shape index (κ2) is 8.52. The van der Waals surface area contributed by atoms with E-state index in [1.807, 2.05) is 19.0 Å². The van der Waals surface area contributed by atoms with Crippen molar-refractivity contribution in [3.63, 3.8) is 0 Å². The number of hydrogen-bond donors (Lipinski definition) is 0. The summed E-state index contributed by atoms with van der Waals surface area (Å²) in [6.45, 7) is -1.23. The average Bonchev–Trinajstić information content (AvgIpc) is 2.69. The van der Waals surface area contributed by atoms with Crippen LogP contribution in [0, 0.1) is 40.4 Å². The van der Waals surface area contributed by atoms with Crippen LogP contribution in [0.3, 0.4) is 0 Å². The van der Waals surface area contributed by atoms with Gasteiger partial charge in [0.2, 0.25) is 5.82 Å². The third kappa shape index (κ3) is 4.28. The summed E-state index contributed by atoms with van der Waals surface area (Å²) in [4.78, 5) is 13.8. The first kappa shape index (κ1) is 20.9. The van der Waals surface area contributed by atoms with Crippen molar-refractivity contribution in [1.29, 1.82) is 5.26 Å². The number of ether oxygens (including phenoxy) is 1. The van der Waals surface area contributed by atoms with Crippen LogP contribution in [0.1, 0.15) is 11.1 Å². The quantitative estimate of drug-likeness (QED) is 0.191. The molecule has 4 nitrogen and oxygen atoms in total. The van der Waals surface area contributed by atoms with Crippen molar-refractivity contribution in [2.75, 3.05) is 19.0 Å². The highest BCUT2D eigenvalue weighted by Crippen LogP contribution is 2.24. The zero-order chi connectivity index (χ0) is 21.0. The van der Waals surface area contributed by atoms with E-state index in [2.05, 4.69) is 4.74 Å². The Balaban J connectivity index is 2.21. The molecule has 0 bridgehead atoms. The van der Waals surface area contributed by atoms with Gasteiger partial charge in [-0.3, -0.25) is 0 Å². The van der Waals surface area contributed by atoms with Gasteiger partial charge in [0.1, 0.15) is 18.2 Å². The van der Waals surface area contributed by atoms with Crippen LogP contribution < -0.4 is 4.90 Å². The third-order valence-electron chi connectivity index (χ3n) is 3.71. The summed E-state index contributed by atoms with van der Waals surface area (Å²) in [5.41, 5.74) is -0.487. The van der Waals surface area contributed by atoms with Gasteiger partial charge < -0.3 is 9.64 Å². The van der Waals surface area contributed by atoms with E-state index in [4.69, 9.17) is 5.26 Å². The Hall–Kier alpha value is -3.41. The Morgan fingerprint density at radius 1 is 1.00 bits per heavy atom. The van der Waals surface area contributed by atoms with E-state index in [0.29, 0.717) is 5.56 Å². The SMILES string of the molecule is CN(C)c1ccc(/C=C(\C#N)C(=O)OCc2c(F)c(F)c(F)c(F)c2F)cc1. The van der Waals surface area contributed by atoms with Crippen LogP contribution in [0.25, 0.3) is 6.08 Å². The molecule has 0 saturated carbocycles. The monoisotopic (exact) mass is 396 g/mol. The van der Waals surface area contributed by atoms with Gasteiger partial charge in [0.25, 0.3) is 0 Å². The molecule has 9 heteroatoms. The maximum absolute atomic E-state index is 13.6. The van der Waals surface area contributed by atoms with Crippen LogP contribution in [0.15, 0.2) is 29.8 Å². The summed E-state index contributed by atoms with van der Waals surface area (Å²) in [6.07, 6.45) is 1.17. The van der Waals surface area contributed by atoms with E-state index >= 15 is 0 Å². The van der Waals surface area contributed by atoms with E-state index in [1.54, 1.807) is 30.3 Å². The lowest BCUT2D eigenvalue weighted by atomic mass is 10.1. The Morgan fingerprint density at radius 3 is 1.96 bits per heavy atom. The lowest BCUT2D eigenvalue weighted by Crippen LogP contribution is -2.12. The van der Waals surface area contributed by atoms with Gasteiger partial charge in [0, 0.05) is 19.8 Å². The largest absolute Gasteiger partial charge is 0.456 e. The fourth-order valence-electron chi connectivity index (χ4n) is 2.16. The second-order valence-electron chi connectivity index (χ2n) is 5.78. The van der Waals surface area contributed by atoms with E-state index in [0.717, 1.165) is 5.69 Å². The number of halogens is 5. The molecule has 2 aromatic rings. The molecule has 0 aliphatic carbocycles. The molecule has 0 aliphatic rings. The smallest absolute Gasteiger partial charge is 0.349 e. The lowest BCUT2D eigenvalue weighted by molar-refractivity contribution is -0.139. The molecule has 0 spiro atoms. The van der Waals surface area contributed by atoms with E-state index in [-0.39, 0.29) is 0 Å². The highest BCUT2D eigenvalue weighted by atomic mass is 19.2. The molecule has 0 heterocycles. The van der Waals surface area contributed by atoms with Crippen LogP contribution in [0.2, 0.25) is 0 Å². The number of benzene rings is 2. The van der Waals surface area contributed by atoms with Gasteiger partial charge in [0.05, 0.1) is 5.56 Å². The fourth-order valence-corrected chi connectivity index (χ4v) is 2.16. The number of hydrogen-bond acceptors (Lipinski definition) is 4. The number of carbonyl (C=O) groups is 1. The van der Waals surface area contributed by atoms with Gasteiger partial charge in [-0.25, -0.2) is 26.7 Å². The van der Waals surface area contributed by atoms with Crippen LogP contribution in [-0.4, -0.2) is 20.1 Å². The molecule has 0 N–H and O–H groups in total. The lowest BCUT2D eigenvalue weighted by Gasteiger charge is -2.12. The van der Waals surface area contributed by atoms with E-state index in [1.165, 1.54) is 6.08 Å². The summed E-state index contributed by atoms with van der Waals surface area (Å²) in [6, 6.07) is 8.24. The van der Waals surface area contributed by atoms with Crippen LogP contribution >= 0.6 is 0 Å². The van der Waals surface area contributed by atoms with Crippen LogP contribution in [-0.2, 0) is 16.1 Å². The first-order chi connectivity index (χ1) is 13.2. The van der Waals surface area contributed by atoms with Crippen molar-refractivity contribution in [2.45, 2.75) is 6.61 Å². The maximum Gasteiger partial charge on any atom is 0.349 e. The van der Waals surface area contributed by atoms with E-state index in [9.17, 15) is 26.7 Å². The standard InChI is InChI=1S/C19H13F5N2O2/c1-26(2)12-5-3-10(4-6-12)7-11(8-25)19(27)28-9-13-14(20)16(22)18(24)17(23)15(13)21/h3-7H,9H2,1-2H3/b11-7+. The number of anilines is 1. The highest BCUT2D eigenvalue weighted by Gasteiger charge is 2.26. The molecule has 0 amide bonds. The molecule has 146 valence electrons. The van der Waals surface area contributed by atoms with Crippen molar-refractivity contribution in [3.8, 4) is 6.07 Å². The van der Waals surface area contributed by atoms with Gasteiger partial charge >= 0.3 is 5.97 Å². The Morgan fingerprint density at radius 2 is 1.50 bits per heavy atom. The summed E-state index contributed by atoms with van der Waals surface area (Å²) >= 11 is 0. The van der Waals surface area contributed by atoms with Crippen molar-refractivity contribution < 1.29 is 31.5 Å². The van der Waals surface area contributed by atoms with Gasteiger partial charge in [0.15, 0.2) is 23.3 Å². The molecule has 0 radical (unpaired) electrons. The number of carbonyl (C=O) groups excluding carboxylic acids is 1. The molecule has 0 atom stereocenters. The number of rotatable bonds is 5. The van der Waals surface area contributed by atoms with Gasteiger partial charge in [-0.1, -0.05) is 12.1 Å². The fraction of sp³-hybridized carbons (Fsp3) is 0.158. The summed E-state index contributed by atoms with van der Waals surface area (Å²) in [5.74, 6) is -12.1. The van der Waals surface area contributed by atoms with Crippen molar-refractivity contribution in [1.82, 2.24) is 0 Å². The predicted molar refractivity (Wildman–Crippen MR) is 90.4 cm³/mol. The minimum atomic E-state index is -2.32. The van der Waals surface area contributed by atoms with Gasteiger partial charge in [-0.15, -0.1) is 0 Å². The number of esters is 1. The molecular weight excluding hydrogens is 383 g/mol. The highest BCUT2D eigenvalue weighted by molar-refractivity contribution is 5.97. The number of nitrogens with zero attached hydrogens (tertiary/aromatic N) is 2. The molecule has 0 fully saturated rings. The van der Waals surface area contributed by atoms with Crippen LogP contribution in [0.4, 0.5) is 27.6 Å². The van der Waals surface area contributed by atoms with Crippen molar-refractivity contribution >= 4 is 17.7 Å².